The second-order valence-corrected chi connectivity index (χ2v) is 8.59. The van der Waals surface area contributed by atoms with Crippen LogP contribution in [0.1, 0.15) is 83.4 Å². The Balaban J connectivity index is 1.81. The molecule has 4 heteroatoms. The molecule has 0 atom stereocenters. The summed E-state index contributed by atoms with van der Waals surface area (Å²) in [7, 11) is 4.09. The molecular formula is C25H41N3O. The Morgan fingerprint density at radius 3 is 2.07 bits per heavy atom. The first-order valence-electron chi connectivity index (χ1n) is 11.8. The molecule has 0 aliphatic carbocycles. The van der Waals surface area contributed by atoms with Gasteiger partial charge in [0.05, 0.1) is 10.9 Å². The van der Waals surface area contributed by atoms with Gasteiger partial charge in [-0.2, -0.15) is 0 Å². The van der Waals surface area contributed by atoms with Crippen molar-refractivity contribution < 1.29 is 0 Å². The van der Waals surface area contributed by atoms with Gasteiger partial charge in [-0.15, -0.1) is 0 Å². The van der Waals surface area contributed by atoms with Crippen LogP contribution in [-0.4, -0.2) is 35.1 Å². The zero-order valence-electron chi connectivity index (χ0n) is 19.0. The van der Waals surface area contributed by atoms with Crippen LogP contribution in [0.15, 0.2) is 29.1 Å². The summed E-state index contributed by atoms with van der Waals surface area (Å²) in [6, 6.07) is 7.73. The molecule has 1 heterocycles. The topological polar surface area (TPSA) is 38.1 Å². The van der Waals surface area contributed by atoms with Crippen LogP contribution < -0.4 is 5.56 Å². The van der Waals surface area contributed by atoms with Crippen molar-refractivity contribution in [3.05, 3.63) is 40.4 Å². The third-order valence-corrected chi connectivity index (χ3v) is 5.72. The Kier molecular flexibility index (Phi) is 11.0. The smallest absolute Gasteiger partial charge is 0.261 e. The highest BCUT2D eigenvalue weighted by molar-refractivity contribution is 5.77. The summed E-state index contributed by atoms with van der Waals surface area (Å²) in [4.78, 5) is 19.9. The second-order valence-electron chi connectivity index (χ2n) is 8.59. The molecule has 4 nitrogen and oxygen atoms in total. The van der Waals surface area contributed by atoms with E-state index in [-0.39, 0.29) is 5.56 Å². The van der Waals surface area contributed by atoms with Crippen molar-refractivity contribution in [3.63, 3.8) is 0 Å². The molecule has 2 aromatic rings. The van der Waals surface area contributed by atoms with E-state index in [0.29, 0.717) is 6.54 Å². The van der Waals surface area contributed by atoms with Gasteiger partial charge < -0.3 is 4.90 Å². The van der Waals surface area contributed by atoms with E-state index in [2.05, 4.69) is 11.8 Å². The molecule has 0 fully saturated rings. The Hall–Kier alpha value is -1.68. The second kappa shape index (κ2) is 13.5. The minimum Gasteiger partial charge on any atom is -0.308 e. The van der Waals surface area contributed by atoms with E-state index < -0.39 is 0 Å². The van der Waals surface area contributed by atoms with E-state index >= 15 is 0 Å². The van der Waals surface area contributed by atoms with Crippen molar-refractivity contribution in [2.45, 2.75) is 90.5 Å². The van der Waals surface area contributed by atoms with Gasteiger partial charge >= 0.3 is 0 Å². The highest BCUT2D eigenvalue weighted by Crippen LogP contribution is 2.14. The Morgan fingerprint density at radius 1 is 0.862 bits per heavy atom. The maximum atomic E-state index is 13.0. The van der Waals surface area contributed by atoms with E-state index in [1.165, 1.54) is 64.2 Å². The highest BCUT2D eigenvalue weighted by Gasteiger charge is 2.11. The van der Waals surface area contributed by atoms with Crippen LogP contribution in [0.5, 0.6) is 0 Å². The van der Waals surface area contributed by atoms with Gasteiger partial charge in [0, 0.05) is 19.5 Å². The van der Waals surface area contributed by atoms with E-state index in [9.17, 15) is 4.79 Å². The van der Waals surface area contributed by atoms with Crippen molar-refractivity contribution >= 4 is 10.9 Å². The van der Waals surface area contributed by atoms with Crippen molar-refractivity contribution in [1.29, 1.82) is 0 Å². The fourth-order valence-electron chi connectivity index (χ4n) is 3.88. The molecule has 162 valence electrons. The molecule has 2 rings (SSSR count). The average Bonchev–Trinajstić information content (AvgIpc) is 2.71. The molecule has 0 unspecified atom stereocenters. The van der Waals surface area contributed by atoms with Crippen molar-refractivity contribution in [2.24, 2.45) is 0 Å². The van der Waals surface area contributed by atoms with Gasteiger partial charge in [-0.1, -0.05) is 83.3 Å². The number of para-hydroxylation sites is 1. The molecule has 0 amide bonds. The largest absolute Gasteiger partial charge is 0.308 e. The highest BCUT2D eigenvalue weighted by atomic mass is 16.1. The zero-order chi connectivity index (χ0) is 20.9. The zero-order valence-corrected chi connectivity index (χ0v) is 19.0. The van der Waals surface area contributed by atoms with Crippen molar-refractivity contribution in [3.8, 4) is 0 Å². The predicted octanol–water partition coefficient (Wildman–Crippen LogP) is 5.81. The third-order valence-electron chi connectivity index (χ3n) is 5.72. The molecule has 0 aliphatic rings. The summed E-state index contributed by atoms with van der Waals surface area (Å²) < 4.78 is 1.90. The van der Waals surface area contributed by atoms with Gasteiger partial charge in [0.15, 0.2) is 0 Å². The minimum absolute atomic E-state index is 0.107. The number of unbranched alkanes of at least 4 members (excludes halogenated alkanes) is 10. The quantitative estimate of drug-likeness (QED) is 0.355. The van der Waals surface area contributed by atoms with Crippen LogP contribution >= 0.6 is 0 Å². The molecule has 0 bridgehead atoms. The van der Waals surface area contributed by atoms with Gasteiger partial charge in [-0.05, 0) is 32.6 Å². The predicted molar refractivity (Wildman–Crippen MR) is 125 cm³/mol. The van der Waals surface area contributed by atoms with Crippen LogP contribution in [0.3, 0.4) is 0 Å². The molecule has 1 aromatic carbocycles. The lowest BCUT2D eigenvalue weighted by Gasteiger charge is -2.16. The van der Waals surface area contributed by atoms with Crippen LogP contribution in [0.4, 0.5) is 0 Å². The van der Waals surface area contributed by atoms with Crippen LogP contribution in [0, 0.1) is 0 Å². The van der Waals surface area contributed by atoms with Crippen LogP contribution in [0.25, 0.3) is 10.9 Å². The number of aryl methyl sites for hydroxylation is 1. The molecule has 0 N–H and O–H groups in total. The van der Waals surface area contributed by atoms with Crippen LogP contribution in [0.2, 0.25) is 0 Å². The summed E-state index contributed by atoms with van der Waals surface area (Å²) in [6.45, 7) is 3.83. The van der Waals surface area contributed by atoms with E-state index in [4.69, 9.17) is 4.98 Å². The van der Waals surface area contributed by atoms with Gasteiger partial charge in [0.2, 0.25) is 0 Å². The SMILES string of the molecule is CCCCCCCCCCCCCc1nc2ccccc2c(=O)n1CCN(C)C. The summed E-state index contributed by atoms with van der Waals surface area (Å²) in [5.41, 5.74) is 0.937. The lowest BCUT2D eigenvalue weighted by molar-refractivity contribution is 0.375. The number of benzene rings is 1. The molecule has 0 saturated heterocycles. The average molecular weight is 400 g/mol. The van der Waals surface area contributed by atoms with Crippen molar-refractivity contribution in [1.82, 2.24) is 14.5 Å². The van der Waals surface area contributed by atoms with E-state index in [1.807, 2.05) is 42.9 Å². The lowest BCUT2D eigenvalue weighted by atomic mass is 10.1. The summed E-state index contributed by atoms with van der Waals surface area (Å²) >= 11 is 0. The standard InChI is InChI=1S/C25H41N3O/c1-4-5-6-7-8-9-10-11-12-13-14-19-24-26-23-18-16-15-17-22(23)25(29)28(24)21-20-27(2)3/h15-18H,4-14,19-21H2,1-3H3. The minimum atomic E-state index is 0.107. The Bertz CT molecular complexity index is 766. The summed E-state index contributed by atoms with van der Waals surface area (Å²) in [5.74, 6) is 0.950. The molecule has 0 spiro atoms. The number of rotatable bonds is 15. The lowest BCUT2D eigenvalue weighted by Crippen LogP contribution is -2.30. The first-order chi connectivity index (χ1) is 14.1. The van der Waals surface area contributed by atoms with E-state index in [0.717, 1.165) is 36.1 Å². The summed E-state index contributed by atoms with van der Waals surface area (Å²) in [6.07, 6.45) is 15.6. The number of likely N-dealkylation sites (N-methyl/N-ethyl adjacent to an activating group) is 1. The van der Waals surface area contributed by atoms with Gasteiger partial charge in [-0.25, -0.2) is 4.98 Å². The molecule has 1 aromatic heterocycles. The van der Waals surface area contributed by atoms with Crippen LogP contribution in [-0.2, 0) is 13.0 Å². The monoisotopic (exact) mass is 399 g/mol. The fourth-order valence-corrected chi connectivity index (χ4v) is 3.88. The third kappa shape index (κ3) is 8.30. The first-order valence-corrected chi connectivity index (χ1v) is 11.8. The Morgan fingerprint density at radius 2 is 1.45 bits per heavy atom. The number of hydrogen-bond acceptors (Lipinski definition) is 3. The van der Waals surface area contributed by atoms with E-state index in [1.54, 1.807) is 0 Å². The normalized spacial score (nSPS) is 11.6. The molecule has 0 radical (unpaired) electrons. The first kappa shape index (κ1) is 23.6. The number of fused-ring (bicyclic) bond motifs is 1. The Labute approximate surface area is 177 Å². The maximum absolute atomic E-state index is 13.0. The van der Waals surface area contributed by atoms with Crippen molar-refractivity contribution in [2.75, 3.05) is 20.6 Å². The maximum Gasteiger partial charge on any atom is 0.261 e. The number of nitrogens with zero attached hydrogens (tertiary/aromatic N) is 3. The van der Waals surface area contributed by atoms with Gasteiger partial charge in [0.1, 0.15) is 5.82 Å². The molecule has 0 aliphatic heterocycles. The van der Waals surface area contributed by atoms with Gasteiger partial charge in [-0.3, -0.25) is 9.36 Å². The molecule has 29 heavy (non-hydrogen) atoms. The number of hydrogen-bond donors (Lipinski definition) is 0. The molecular weight excluding hydrogens is 358 g/mol. The number of aromatic nitrogens is 2. The van der Waals surface area contributed by atoms with Gasteiger partial charge in [0.25, 0.3) is 5.56 Å². The summed E-state index contributed by atoms with van der Waals surface area (Å²) in [5, 5.41) is 0.731. The fraction of sp³-hybridized carbons (Fsp3) is 0.680. The molecule has 0 saturated carbocycles.